The number of nitrogens with zero attached hydrogens (tertiary/aromatic N) is 1. The zero-order chi connectivity index (χ0) is 19.4. The molecule has 0 aliphatic rings. The Hall–Kier alpha value is -1.60. The Bertz CT molecular complexity index is 777. The number of hydrogen-bond acceptors (Lipinski definition) is 5. The Morgan fingerprint density at radius 2 is 2.00 bits per heavy atom. The monoisotopic (exact) mass is 473 g/mol. The molecule has 0 unspecified atom stereocenters. The maximum Gasteiger partial charge on any atom is 0.340 e. The fraction of sp³-hybridized carbons (Fsp3) is 0.231. The number of halogens is 5. The molecule has 0 aromatic heterocycles. The maximum atomic E-state index is 14.4. The highest BCUT2D eigenvalue weighted by atomic mass is 79.9. The van der Waals surface area contributed by atoms with Gasteiger partial charge in [0.2, 0.25) is 0 Å². The first-order chi connectivity index (χ1) is 11.5. The van der Waals surface area contributed by atoms with Crippen molar-refractivity contribution in [3.05, 3.63) is 27.5 Å². The summed E-state index contributed by atoms with van der Waals surface area (Å²) in [4.78, 5) is 35.2. The molecule has 0 aliphatic carbocycles. The Labute approximate surface area is 164 Å². The number of alkyl halides is 3. The SMILES string of the molecule is CCOC(=O)c1cc(C#N)c(Br)c(F)c1NC(=O)NC(=O)C(Cl)(Cl)Cl. The van der Waals surface area contributed by atoms with Crippen LogP contribution in [0.4, 0.5) is 14.9 Å². The summed E-state index contributed by atoms with van der Waals surface area (Å²) in [6.45, 7) is 1.48. The van der Waals surface area contributed by atoms with E-state index in [4.69, 9.17) is 44.8 Å². The number of amides is 3. The second-order valence-corrected chi connectivity index (χ2v) is 7.29. The number of carbonyl (C=O) groups is 3. The fourth-order valence-electron chi connectivity index (χ4n) is 1.52. The molecule has 12 heteroatoms. The topological polar surface area (TPSA) is 108 Å². The van der Waals surface area contributed by atoms with Crippen molar-refractivity contribution >= 4 is 74.3 Å². The summed E-state index contributed by atoms with van der Waals surface area (Å²) in [6.07, 6.45) is 0. The summed E-state index contributed by atoms with van der Waals surface area (Å²) in [7, 11) is 0. The molecule has 3 amide bonds. The van der Waals surface area contributed by atoms with E-state index in [0.717, 1.165) is 6.07 Å². The van der Waals surface area contributed by atoms with Crippen LogP contribution in [0.3, 0.4) is 0 Å². The lowest BCUT2D eigenvalue weighted by Crippen LogP contribution is -2.41. The lowest BCUT2D eigenvalue weighted by atomic mass is 10.1. The lowest BCUT2D eigenvalue weighted by molar-refractivity contribution is -0.119. The normalized spacial score (nSPS) is 10.6. The first kappa shape index (κ1) is 21.4. The standard InChI is InChI=1S/C13H8BrCl3FN3O4/c1-2-25-10(22)6-3-5(4-19)7(14)8(18)9(6)20-12(24)21-11(23)13(15,16)17/h3H,2H2,1H3,(H2,20,21,23,24). The quantitative estimate of drug-likeness (QED) is 0.513. The van der Waals surface area contributed by atoms with Gasteiger partial charge in [-0.1, -0.05) is 34.8 Å². The number of esters is 1. The number of urea groups is 1. The van der Waals surface area contributed by atoms with Gasteiger partial charge in [0.15, 0.2) is 5.82 Å². The van der Waals surface area contributed by atoms with Crippen LogP contribution in [0.5, 0.6) is 0 Å². The van der Waals surface area contributed by atoms with Crippen molar-refractivity contribution in [2.24, 2.45) is 0 Å². The highest BCUT2D eigenvalue weighted by Gasteiger charge is 2.32. The summed E-state index contributed by atoms with van der Waals surface area (Å²) in [5.41, 5.74) is -1.27. The van der Waals surface area contributed by atoms with E-state index in [2.05, 4.69) is 15.9 Å². The van der Waals surface area contributed by atoms with Gasteiger partial charge in [-0.25, -0.2) is 14.0 Å². The van der Waals surface area contributed by atoms with Gasteiger partial charge in [0.1, 0.15) is 6.07 Å². The molecule has 1 rings (SSSR count). The van der Waals surface area contributed by atoms with E-state index >= 15 is 0 Å². The summed E-state index contributed by atoms with van der Waals surface area (Å²) in [5.74, 6) is -3.41. The van der Waals surface area contributed by atoms with Gasteiger partial charge in [0, 0.05) is 0 Å². The predicted octanol–water partition coefficient (Wildman–Crippen LogP) is 3.65. The van der Waals surface area contributed by atoms with E-state index in [0.29, 0.717) is 0 Å². The molecule has 1 aromatic carbocycles. The van der Waals surface area contributed by atoms with E-state index in [9.17, 15) is 18.8 Å². The van der Waals surface area contributed by atoms with Gasteiger partial charge in [0.05, 0.1) is 27.9 Å². The molecule has 0 spiro atoms. The molecule has 0 fully saturated rings. The first-order valence-electron chi connectivity index (χ1n) is 6.31. The molecular formula is C13H8BrCl3FN3O4. The number of carbonyl (C=O) groups excluding carboxylic acids is 3. The van der Waals surface area contributed by atoms with Gasteiger partial charge in [-0.15, -0.1) is 0 Å². The minimum Gasteiger partial charge on any atom is -0.462 e. The van der Waals surface area contributed by atoms with Crippen molar-refractivity contribution < 1.29 is 23.5 Å². The van der Waals surface area contributed by atoms with Crippen molar-refractivity contribution in [3.63, 3.8) is 0 Å². The van der Waals surface area contributed by atoms with Gasteiger partial charge in [0.25, 0.3) is 9.70 Å². The van der Waals surface area contributed by atoms with Crippen LogP contribution in [0.15, 0.2) is 10.5 Å². The third-order valence-electron chi connectivity index (χ3n) is 2.55. The third kappa shape index (κ3) is 5.44. The highest BCUT2D eigenvalue weighted by molar-refractivity contribution is 9.10. The predicted molar refractivity (Wildman–Crippen MR) is 92.2 cm³/mol. The minimum absolute atomic E-state index is 0.0320. The number of rotatable bonds is 3. The number of ether oxygens (including phenoxy) is 1. The van der Waals surface area contributed by atoms with Gasteiger partial charge >= 0.3 is 12.0 Å². The lowest BCUT2D eigenvalue weighted by Gasteiger charge is -2.15. The number of hydrogen-bond donors (Lipinski definition) is 2. The molecule has 1 aromatic rings. The van der Waals surface area contributed by atoms with Crippen molar-refractivity contribution in [1.82, 2.24) is 5.32 Å². The van der Waals surface area contributed by atoms with Gasteiger partial charge in [-0.05, 0) is 28.9 Å². The Morgan fingerprint density at radius 3 is 2.48 bits per heavy atom. The molecular weight excluding hydrogens is 467 g/mol. The van der Waals surface area contributed by atoms with Crippen LogP contribution < -0.4 is 10.6 Å². The second kappa shape index (κ2) is 8.67. The Kier molecular flexibility index (Phi) is 7.44. The summed E-state index contributed by atoms with van der Waals surface area (Å²) in [5, 5.41) is 12.6. The van der Waals surface area contributed by atoms with Crippen LogP contribution in [0.25, 0.3) is 0 Å². The second-order valence-electron chi connectivity index (χ2n) is 4.21. The smallest absolute Gasteiger partial charge is 0.340 e. The van der Waals surface area contributed by atoms with Crippen molar-refractivity contribution in [3.8, 4) is 6.07 Å². The van der Waals surface area contributed by atoms with Crippen molar-refractivity contribution in [1.29, 1.82) is 5.26 Å². The number of benzene rings is 1. The van der Waals surface area contributed by atoms with Crippen LogP contribution in [0.2, 0.25) is 0 Å². The van der Waals surface area contributed by atoms with Crippen LogP contribution in [-0.2, 0) is 9.53 Å². The van der Waals surface area contributed by atoms with Crippen LogP contribution in [0, 0.1) is 17.1 Å². The summed E-state index contributed by atoms with van der Waals surface area (Å²) < 4.78 is 16.5. The maximum absolute atomic E-state index is 14.4. The van der Waals surface area contributed by atoms with Crippen LogP contribution in [-0.4, -0.2) is 28.3 Å². The Morgan fingerprint density at radius 1 is 1.40 bits per heavy atom. The van der Waals surface area contributed by atoms with E-state index < -0.39 is 38.8 Å². The van der Waals surface area contributed by atoms with E-state index in [1.807, 2.05) is 5.32 Å². The average molecular weight is 475 g/mol. The molecule has 25 heavy (non-hydrogen) atoms. The minimum atomic E-state index is -2.43. The molecule has 0 heterocycles. The zero-order valence-corrected chi connectivity index (χ0v) is 16.1. The molecule has 7 nitrogen and oxygen atoms in total. The number of nitrogens with one attached hydrogen (secondary N) is 2. The number of imide groups is 1. The molecule has 0 aliphatic heterocycles. The van der Waals surface area contributed by atoms with Crippen molar-refractivity contribution in [2.75, 3.05) is 11.9 Å². The number of anilines is 1. The van der Waals surface area contributed by atoms with Gasteiger partial charge < -0.3 is 10.1 Å². The highest BCUT2D eigenvalue weighted by Crippen LogP contribution is 2.31. The Balaban J connectivity index is 3.27. The molecule has 2 N–H and O–H groups in total. The van der Waals surface area contributed by atoms with E-state index in [1.165, 1.54) is 6.92 Å². The van der Waals surface area contributed by atoms with Crippen LogP contribution in [0.1, 0.15) is 22.8 Å². The molecule has 0 saturated carbocycles. The molecule has 0 bridgehead atoms. The van der Waals surface area contributed by atoms with Crippen LogP contribution >= 0.6 is 50.7 Å². The largest absolute Gasteiger partial charge is 0.462 e. The summed E-state index contributed by atoms with van der Waals surface area (Å²) >= 11 is 18.7. The fourth-order valence-corrected chi connectivity index (χ4v) is 2.06. The molecule has 0 saturated heterocycles. The van der Waals surface area contributed by atoms with E-state index in [-0.39, 0.29) is 16.6 Å². The zero-order valence-electron chi connectivity index (χ0n) is 12.3. The first-order valence-corrected chi connectivity index (χ1v) is 8.24. The summed E-state index contributed by atoms with van der Waals surface area (Å²) in [6, 6.07) is 1.42. The molecule has 134 valence electrons. The average Bonchev–Trinajstić information content (AvgIpc) is 2.51. The number of nitriles is 1. The molecule has 0 atom stereocenters. The van der Waals surface area contributed by atoms with Gasteiger partial charge in [-0.3, -0.25) is 10.1 Å². The van der Waals surface area contributed by atoms with Crippen molar-refractivity contribution in [2.45, 2.75) is 10.7 Å². The third-order valence-corrected chi connectivity index (χ3v) is 3.84. The van der Waals surface area contributed by atoms with E-state index in [1.54, 1.807) is 11.4 Å². The van der Waals surface area contributed by atoms with Gasteiger partial charge in [-0.2, -0.15) is 5.26 Å². The molecule has 0 radical (unpaired) electrons.